The average Bonchev–Trinajstić information content (AvgIpc) is 3.54. The lowest BCUT2D eigenvalue weighted by atomic mass is 9.91. The highest BCUT2D eigenvalue weighted by Gasteiger charge is 2.30. The second-order valence-corrected chi connectivity index (χ2v) is 9.04. The van der Waals surface area contributed by atoms with Gasteiger partial charge in [-0.3, -0.25) is 9.36 Å². The minimum absolute atomic E-state index is 0.0841. The fraction of sp³-hybridized carbons (Fsp3) is 0.286. The molecular weight excluding hydrogens is 444 g/mol. The summed E-state index contributed by atoms with van der Waals surface area (Å²) in [6.07, 6.45) is 0.894. The third-order valence-corrected chi connectivity index (χ3v) is 6.80. The quantitative estimate of drug-likeness (QED) is 0.405. The molecule has 2 atom stereocenters. The molecule has 0 radical (unpaired) electrons. The van der Waals surface area contributed by atoms with Crippen LogP contribution in [0.1, 0.15) is 41.9 Å². The van der Waals surface area contributed by atoms with Gasteiger partial charge in [-0.05, 0) is 43.2 Å². The first-order valence-corrected chi connectivity index (χ1v) is 12.0. The lowest BCUT2D eigenvalue weighted by Gasteiger charge is -2.13. The van der Waals surface area contributed by atoms with Gasteiger partial charge in [0.15, 0.2) is 0 Å². The number of imidazole rings is 1. The van der Waals surface area contributed by atoms with E-state index in [2.05, 4.69) is 29.2 Å². The molecule has 0 unspecified atom stereocenters. The van der Waals surface area contributed by atoms with Gasteiger partial charge < -0.3 is 19.3 Å². The zero-order valence-electron chi connectivity index (χ0n) is 19.4. The van der Waals surface area contributed by atoms with E-state index in [1.54, 1.807) is 0 Å². The molecule has 6 rings (SSSR count). The molecule has 2 aliphatic rings. The predicted molar refractivity (Wildman–Crippen MR) is 131 cm³/mol. The van der Waals surface area contributed by atoms with E-state index in [4.69, 9.17) is 19.3 Å². The minimum Gasteiger partial charge on any atom is -0.493 e. The van der Waals surface area contributed by atoms with Gasteiger partial charge in [-0.2, -0.15) is 4.98 Å². The van der Waals surface area contributed by atoms with E-state index in [-0.39, 0.29) is 18.3 Å². The van der Waals surface area contributed by atoms with Gasteiger partial charge in [0.25, 0.3) is 0 Å². The highest BCUT2D eigenvalue weighted by molar-refractivity contribution is 5.80. The van der Waals surface area contributed by atoms with E-state index in [0.29, 0.717) is 25.8 Å². The highest BCUT2D eigenvalue weighted by atomic mass is 16.5. The number of aliphatic carboxylic acids is 1. The van der Waals surface area contributed by atoms with E-state index >= 15 is 0 Å². The molecule has 0 amide bonds. The Morgan fingerprint density at radius 1 is 1.06 bits per heavy atom. The molecule has 2 aliphatic heterocycles. The largest absolute Gasteiger partial charge is 0.493 e. The van der Waals surface area contributed by atoms with Gasteiger partial charge in [-0.25, -0.2) is 0 Å². The van der Waals surface area contributed by atoms with E-state index < -0.39 is 5.97 Å². The molecule has 35 heavy (non-hydrogen) atoms. The van der Waals surface area contributed by atoms with Crippen LogP contribution in [-0.4, -0.2) is 40.4 Å². The lowest BCUT2D eigenvalue weighted by molar-refractivity contribution is -0.137. The summed E-state index contributed by atoms with van der Waals surface area (Å²) in [6, 6.07) is 20.9. The Balaban J connectivity index is 1.32. The first-order chi connectivity index (χ1) is 17.1. The number of hydrogen-bond donors (Lipinski definition) is 1. The molecule has 3 aromatic carbocycles. The zero-order chi connectivity index (χ0) is 23.9. The monoisotopic (exact) mass is 470 g/mol. The van der Waals surface area contributed by atoms with Crippen LogP contribution in [0.15, 0.2) is 60.7 Å². The third kappa shape index (κ3) is 3.77. The number of rotatable bonds is 7. The van der Waals surface area contributed by atoms with Crippen LogP contribution < -0.4 is 14.2 Å². The van der Waals surface area contributed by atoms with Crippen LogP contribution in [0, 0.1) is 0 Å². The third-order valence-electron chi connectivity index (χ3n) is 6.80. The molecule has 0 saturated heterocycles. The summed E-state index contributed by atoms with van der Waals surface area (Å²) in [6.45, 7) is 3.48. The van der Waals surface area contributed by atoms with Crippen molar-refractivity contribution in [2.75, 3.05) is 19.8 Å². The first-order valence-electron chi connectivity index (χ1n) is 12.0. The Hall–Kier alpha value is -4.00. The summed E-state index contributed by atoms with van der Waals surface area (Å²) in [5.41, 5.74) is 6.07. The number of nitrogens with zero attached hydrogens (tertiary/aromatic N) is 2. The maximum atomic E-state index is 11.1. The van der Waals surface area contributed by atoms with Crippen LogP contribution in [0.4, 0.5) is 0 Å². The molecule has 7 heteroatoms. The molecule has 0 spiro atoms. The number of benzene rings is 3. The van der Waals surface area contributed by atoms with E-state index in [9.17, 15) is 4.79 Å². The Morgan fingerprint density at radius 3 is 2.77 bits per heavy atom. The predicted octanol–water partition coefficient (Wildman–Crippen LogP) is 5.09. The minimum atomic E-state index is -0.802. The number of para-hydroxylation sites is 3. The van der Waals surface area contributed by atoms with E-state index in [1.807, 2.05) is 47.9 Å². The first kappa shape index (κ1) is 21.5. The van der Waals surface area contributed by atoms with Gasteiger partial charge >= 0.3 is 12.0 Å². The van der Waals surface area contributed by atoms with Crippen molar-refractivity contribution in [2.24, 2.45) is 0 Å². The highest BCUT2D eigenvalue weighted by Crippen LogP contribution is 2.43. The van der Waals surface area contributed by atoms with E-state index in [1.165, 1.54) is 0 Å². The van der Waals surface area contributed by atoms with Crippen LogP contribution in [0.5, 0.6) is 17.5 Å². The summed E-state index contributed by atoms with van der Waals surface area (Å²) in [7, 11) is 0. The number of carboxylic acid groups (broad SMARTS) is 1. The van der Waals surface area contributed by atoms with Crippen molar-refractivity contribution in [1.29, 1.82) is 0 Å². The van der Waals surface area contributed by atoms with Gasteiger partial charge in [0, 0.05) is 23.0 Å². The van der Waals surface area contributed by atoms with Gasteiger partial charge in [0.05, 0.1) is 43.0 Å². The summed E-state index contributed by atoms with van der Waals surface area (Å²) in [5, 5.41) is 9.15. The fourth-order valence-corrected chi connectivity index (χ4v) is 5.21. The topological polar surface area (TPSA) is 82.8 Å². The number of carboxylic acids is 1. The Morgan fingerprint density at radius 2 is 1.91 bits per heavy atom. The van der Waals surface area contributed by atoms with Gasteiger partial charge in [0.2, 0.25) is 0 Å². The van der Waals surface area contributed by atoms with Crippen molar-refractivity contribution in [3.05, 3.63) is 77.4 Å². The zero-order valence-corrected chi connectivity index (χ0v) is 19.4. The molecule has 1 N–H and O–H groups in total. The van der Waals surface area contributed by atoms with Crippen LogP contribution >= 0.6 is 0 Å². The molecule has 3 heterocycles. The number of aromatic nitrogens is 2. The van der Waals surface area contributed by atoms with Crippen molar-refractivity contribution in [3.63, 3.8) is 0 Å². The van der Waals surface area contributed by atoms with Gasteiger partial charge in [0.1, 0.15) is 11.5 Å². The second-order valence-electron chi connectivity index (χ2n) is 9.04. The number of carbonyl (C=O) groups is 1. The average molecular weight is 471 g/mol. The van der Waals surface area contributed by atoms with Crippen LogP contribution in [0.2, 0.25) is 0 Å². The standard InChI is InChI=1S/C28H26N2O5/c1-2-33-28-29-22-7-3-4-8-23(22)30(28)24-9-5-6-21-18(16-35-27(21)24)12-17-10-11-20-19(14-26(31)32)15-34-25(20)13-17/h3-11,13,18-19H,2,12,14-16H2,1H3,(H,31,32)/t18-,19-/m1/s1. The molecule has 0 fully saturated rings. The normalized spacial score (nSPS) is 18.1. The molecule has 4 aromatic rings. The smallest absolute Gasteiger partial charge is 0.304 e. The summed E-state index contributed by atoms with van der Waals surface area (Å²) in [4.78, 5) is 15.8. The maximum absolute atomic E-state index is 11.1. The van der Waals surface area contributed by atoms with Crippen molar-refractivity contribution >= 4 is 17.0 Å². The van der Waals surface area contributed by atoms with Crippen LogP contribution in [0.3, 0.4) is 0 Å². The summed E-state index contributed by atoms with van der Waals surface area (Å²) in [5.74, 6) is 0.973. The van der Waals surface area contributed by atoms with Crippen molar-refractivity contribution in [1.82, 2.24) is 9.55 Å². The Bertz CT molecular complexity index is 1430. The molecule has 178 valence electrons. The van der Waals surface area contributed by atoms with Crippen molar-refractivity contribution < 1.29 is 24.1 Å². The fourth-order valence-electron chi connectivity index (χ4n) is 5.21. The molecule has 0 aliphatic carbocycles. The van der Waals surface area contributed by atoms with E-state index in [0.717, 1.165) is 51.3 Å². The van der Waals surface area contributed by atoms with Crippen LogP contribution in [-0.2, 0) is 11.2 Å². The SMILES string of the molecule is CCOc1nc2ccccc2n1-c1cccc2c1OC[C@H]2Cc1ccc2c(c1)OC[C@H]2CC(=O)O. The van der Waals surface area contributed by atoms with Crippen LogP contribution in [0.25, 0.3) is 16.7 Å². The number of ether oxygens (including phenoxy) is 3. The van der Waals surface area contributed by atoms with Gasteiger partial charge in [-0.1, -0.05) is 36.4 Å². The number of hydrogen-bond acceptors (Lipinski definition) is 5. The molecular formula is C28H26N2O5. The Kier molecular flexibility index (Phi) is 5.32. The van der Waals surface area contributed by atoms with Crippen molar-refractivity contribution in [3.8, 4) is 23.2 Å². The lowest BCUT2D eigenvalue weighted by Crippen LogP contribution is -2.07. The molecule has 1 aromatic heterocycles. The molecule has 7 nitrogen and oxygen atoms in total. The van der Waals surface area contributed by atoms with Crippen molar-refractivity contribution in [2.45, 2.75) is 31.6 Å². The summed E-state index contributed by atoms with van der Waals surface area (Å²) >= 11 is 0. The Labute approximate surface area is 202 Å². The summed E-state index contributed by atoms with van der Waals surface area (Å²) < 4.78 is 20.0. The molecule has 0 bridgehead atoms. The second kappa shape index (κ2) is 8.65. The number of fused-ring (bicyclic) bond motifs is 3. The molecule has 0 saturated carbocycles. The van der Waals surface area contributed by atoms with Gasteiger partial charge in [-0.15, -0.1) is 0 Å². The maximum Gasteiger partial charge on any atom is 0.304 e.